The fraction of sp³-hybridized carbons (Fsp3) is 0.0476. The van der Waals surface area contributed by atoms with Gasteiger partial charge in [-0.1, -0.05) is 18.2 Å². The van der Waals surface area contributed by atoms with E-state index in [9.17, 15) is 22.8 Å². The van der Waals surface area contributed by atoms with Crippen LogP contribution in [0.5, 0.6) is 0 Å². The summed E-state index contributed by atoms with van der Waals surface area (Å²) < 4.78 is 44.3. The molecule has 0 fully saturated rings. The van der Waals surface area contributed by atoms with Gasteiger partial charge in [0.15, 0.2) is 0 Å². The molecule has 0 atom stereocenters. The molecule has 29 heavy (non-hydrogen) atoms. The van der Waals surface area contributed by atoms with E-state index in [1.165, 1.54) is 24.3 Å². The number of halogens is 3. The minimum absolute atomic E-state index is 0.0806. The zero-order valence-corrected chi connectivity index (χ0v) is 14.6. The molecule has 0 bridgehead atoms. The number of fused-ring (bicyclic) bond motifs is 1. The van der Waals surface area contributed by atoms with E-state index >= 15 is 0 Å². The van der Waals surface area contributed by atoms with Gasteiger partial charge in [-0.05, 0) is 42.5 Å². The van der Waals surface area contributed by atoms with Crippen LogP contribution in [-0.2, 0) is 11.0 Å². The van der Waals surface area contributed by atoms with E-state index in [1.54, 1.807) is 24.3 Å². The molecule has 1 aliphatic heterocycles. The molecule has 0 unspecified atom stereocenters. The van der Waals surface area contributed by atoms with Gasteiger partial charge in [0.2, 0.25) is 0 Å². The lowest BCUT2D eigenvalue weighted by molar-refractivity contribution is -0.137. The molecule has 0 saturated carbocycles. The van der Waals surface area contributed by atoms with Gasteiger partial charge in [-0.2, -0.15) is 13.2 Å². The van der Waals surface area contributed by atoms with Crippen LogP contribution in [0, 0.1) is 0 Å². The number of nitrogens with one attached hydrogen (secondary N) is 1. The Hall–Kier alpha value is -3.81. The van der Waals surface area contributed by atoms with Crippen LogP contribution < -0.4 is 5.32 Å². The van der Waals surface area contributed by atoms with E-state index in [1.807, 2.05) is 0 Å². The molecular weight excluding hydrogens is 387 g/mol. The topological polar surface area (TPSA) is 79.5 Å². The van der Waals surface area contributed by atoms with E-state index < -0.39 is 23.6 Å². The van der Waals surface area contributed by atoms with Gasteiger partial charge in [0.05, 0.1) is 16.7 Å². The van der Waals surface area contributed by atoms with Crippen molar-refractivity contribution in [3.63, 3.8) is 0 Å². The van der Waals surface area contributed by atoms with E-state index in [4.69, 9.17) is 9.52 Å². The van der Waals surface area contributed by atoms with Crippen molar-refractivity contribution in [2.24, 2.45) is 0 Å². The number of carboxylic acids is 1. The number of carbonyl (C=O) groups excluding carboxylic acids is 1. The second-order valence-electron chi connectivity index (χ2n) is 6.36. The summed E-state index contributed by atoms with van der Waals surface area (Å²) in [6.45, 7) is 0. The molecule has 0 radical (unpaired) electrons. The van der Waals surface area contributed by atoms with Crippen LogP contribution in [-0.4, -0.2) is 17.0 Å². The highest BCUT2D eigenvalue weighted by Crippen LogP contribution is 2.38. The summed E-state index contributed by atoms with van der Waals surface area (Å²) in [5.74, 6) is -0.909. The monoisotopic (exact) mass is 399 g/mol. The zero-order valence-electron chi connectivity index (χ0n) is 14.6. The highest BCUT2D eigenvalue weighted by atomic mass is 19.4. The molecule has 0 saturated heterocycles. The van der Waals surface area contributed by atoms with Crippen molar-refractivity contribution in [1.82, 2.24) is 0 Å². The second kappa shape index (κ2) is 6.66. The van der Waals surface area contributed by atoms with Gasteiger partial charge >= 0.3 is 12.1 Å². The summed E-state index contributed by atoms with van der Waals surface area (Å²) in [7, 11) is 0. The molecule has 0 aliphatic carbocycles. The summed E-state index contributed by atoms with van der Waals surface area (Å²) in [5, 5.41) is 11.5. The van der Waals surface area contributed by atoms with Crippen molar-refractivity contribution in [2.75, 3.05) is 5.32 Å². The molecule has 8 heteroatoms. The van der Waals surface area contributed by atoms with Crippen molar-refractivity contribution >= 4 is 29.2 Å². The Bertz CT molecular complexity index is 1170. The molecule has 3 aromatic rings. The Morgan fingerprint density at radius 1 is 1.07 bits per heavy atom. The average molecular weight is 399 g/mol. The van der Waals surface area contributed by atoms with Gasteiger partial charge < -0.3 is 14.8 Å². The minimum Gasteiger partial charge on any atom is -0.478 e. The summed E-state index contributed by atoms with van der Waals surface area (Å²) in [6, 6.07) is 12.4. The molecule has 1 aliphatic rings. The average Bonchev–Trinajstić information content (AvgIpc) is 3.26. The fourth-order valence-electron chi connectivity index (χ4n) is 3.05. The third-order valence-electron chi connectivity index (χ3n) is 4.44. The number of alkyl halides is 3. The number of carboxylic acid groups (broad SMARTS) is 1. The maximum Gasteiger partial charge on any atom is 0.416 e. The van der Waals surface area contributed by atoms with E-state index in [-0.39, 0.29) is 16.8 Å². The molecule has 1 aromatic heterocycles. The predicted octanol–water partition coefficient (Wildman–Crippen LogP) is 5.16. The number of benzene rings is 2. The molecule has 2 aromatic carbocycles. The molecule has 5 nitrogen and oxygen atoms in total. The Labute approximate surface area is 162 Å². The zero-order chi connectivity index (χ0) is 20.8. The number of amides is 1. The summed E-state index contributed by atoms with van der Waals surface area (Å²) in [5.41, 5.74) is 0.389. The maximum absolute atomic E-state index is 12.9. The number of hydrogen-bond donors (Lipinski definition) is 2. The second-order valence-corrected chi connectivity index (χ2v) is 6.36. The standard InChI is InChI=1S/C21H12F3NO4/c22-21(23,24)13-4-6-15-16(19(26)25-17(15)9-13)10-14-5-7-18(29-14)11-2-1-3-12(8-11)20(27)28/h1-10H,(H,25,26)(H,27,28)/b16-10-. The smallest absolute Gasteiger partial charge is 0.416 e. The van der Waals surface area contributed by atoms with Gasteiger partial charge in [-0.25, -0.2) is 4.79 Å². The van der Waals surface area contributed by atoms with Crippen LogP contribution in [0.2, 0.25) is 0 Å². The van der Waals surface area contributed by atoms with E-state index in [2.05, 4.69) is 5.32 Å². The molecule has 2 N–H and O–H groups in total. The van der Waals surface area contributed by atoms with Crippen LogP contribution in [0.3, 0.4) is 0 Å². The van der Waals surface area contributed by atoms with Crippen LogP contribution in [0.4, 0.5) is 18.9 Å². The first-order chi connectivity index (χ1) is 13.7. The van der Waals surface area contributed by atoms with Crippen LogP contribution in [0.25, 0.3) is 23.0 Å². The minimum atomic E-state index is -4.51. The number of rotatable bonds is 3. The first-order valence-corrected chi connectivity index (χ1v) is 8.40. The van der Waals surface area contributed by atoms with Gasteiger partial charge in [0.25, 0.3) is 5.91 Å². The normalized spacial score (nSPS) is 14.7. The van der Waals surface area contributed by atoms with Crippen molar-refractivity contribution in [3.8, 4) is 11.3 Å². The van der Waals surface area contributed by atoms with E-state index in [0.717, 1.165) is 12.1 Å². The van der Waals surface area contributed by atoms with Crippen molar-refractivity contribution in [2.45, 2.75) is 6.18 Å². The number of aromatic carboxylic acids is 1. The number of hydrogen-bond acceptors (Lipinski definition) is 3. The lowest BCUT2D eigenvalue weighted by atomic mass is 10.0. The molecule has 1 amide bonds. The first kappa shape index (κ1) is 18.5. The van der Waals surface area contributed by atoms with Gasteiger partial charge in [-0.3, -0.25) is 4.79 Å². The molecular formula is C21H12F3NO4. The van der Waals surface area contributed by atoms with Crippen LogP contribution in [0.15, 0.2) is 59.0 Å². The number of anilines is 1. The molecule has 4 rings (SSSR count). The van der Waals surface area contributed by atoms with Gasteiger partial charge in [0, 0.05) is 16.8 Å². The molecule has 2 heterocycles. The van der Waals surface area contributed by atoms with Crippen molar-refractivity contribution in [1.29, 1.82) is 0 Å². The lowest BCUT2D eigenvalue weighted by Crippen LogP contribution is -2.06. The predicted molar refractivity (Wildman–Crippen MR) is 99.0 cm³/mol. The van der Waals surface area contributed by atoms with Gasteiger partial charge in [-0.15, -0.1) is 0 Å². The van der Waals surface area contributed by atoms with Crippen molar-refractivity contribution in [3.05, 3.63) is 77.0 Å². The molecule has 0 spiro atoms. The quantitative estimate of drug-likeness (QED) is 0.597. The number of carbonyl (C=O) groups is 2. The Balaban J connectivity index is 1.68. The largest absolute Gasteiger partial charge is 0.478 e. The highest BCUT2D eigenvalue weighted by Gasteiger charge is 2.33. The van der Waals surface area contributed by atoms with E-state index in [0.29, 0.717) is 22.6 Å². The SMILES string of the molecule is O=C1Nc2cc(C(F)(F)F)ccc2/C1=C/c1ccc(-c2cccc(C(=O)O)c2)o1. The van der Waals surface area contributed by atoms with Crippen molar-refractivity contribution < 1.29 is 32.3 Å². The van der Waals surface area contributed by atoms with Crippen LogP contribution in [0.1, 0.15) is 27.2 Å². The summed E-state index contributed by atoms with van der Waals surface area (Å²) >= 11 is 0. The molecule has 146 valence electrons. The first-order valence-electron chi connectivity index (χ1n) is 8.40. The Morgan fingerprint density at radius 2 is 1.86 bits per heavy atom. The fourth-order valence-corrected chi connectivity index (χ4v) is 3.05. The maximum atomic E-state index is 12.9. The number of furan rings is 1. The Kier molecular flexibility index (Phi) is 4.26. The third-order valence-corrected chi connectivity index (χ3v) is 4.44. The summed E-state index contributed by atoms with van der Waals surface area (Å²) in [6.07, 6.45) is -3.08. The highest BCUT2D eigenvalue weighted by molar-refractivity contribution is 6.34. The lowest BCUT2D eigenvalue weighted by Gasteiger charge is -2.07. The Morgan fingerprint density at radius 3 is 2.59 bits per heavy atom. The summed E-state index contributed by atoms with van der Waals surface area (Å²) in [4.78, 5) is 23.3. The third kappa shape index (κ3) is 3.52. The van der Waals surface area contributed by atoms with Crippen LogP contribution >= 0.6 is 0 Å². The van der Waals surface area contributed by atoms with Gasteiger partial charge in [0.1, 0.15) is 11.5 Å².